The number of nitrogens with zero attached hydrogens (tertiary/aromatic N) is 10. The molecule has 0 spiro atoms. The van der Waals surface area contributed by atoms with Crippen molar-refractivity contribution in [2.75, 3.05) is 17.2 Å². The molecule has 2 atom stereocenters. The number of benzene rings is 4. The van der Waals surface area contributed by atoms with Crippen LogP contribution in [0.3, 0.4) is 0 Å². The first-order valence-corrected chi connectivity index (χ1v) is 39.2. The van der Waals surface area contributed by atoms with Crippen LogP contribution < -0.4 is 26.6 Å². The molecule has 4 aromatic carbocycles. The van der Waals surface area contributed by atoms with Gasteiger partial charge in [-0.15, -0.1) is 6.42 Å². The van der Waals surface area contributed by atoms with Gasteiger partial charge in [0.1, 0.15) is 28.2 Å². The van der Waals surface area contributed by atoms with Gasteiger partial charge in [0.2, 0.25) is 0 Å². The fourth-order valence-corrected chi connectivity index (χ4v) is 15.0. The summed E-state index contributed by atoms with van der Waals surface area (Å²) in [7, 11) is 0. The van der Waals surface area contributed by atoms with Gasteiger partial charge in [-0.3, -0.25) is 24.0 Å². The second-order valence-corrected chi connectivity index (χ2v) is 29.0. The molecule has 0 aliphatic heterocycles. The number of unbranched alkanes of at least 4 members (excludes halogenated alkanes) is 2. The van der Waals surface area contributed by atoms with Gasteiger partial charge in [0.05, 0.1) is 46.0 Å². The molecule has 5 amide bonds. The number of hydrogen-bond donors (Lipinski definition) is 5. The molecule has 5 N–H and O–H groups in total. The summed E-state index contributed by atoms with van der Waals surface area (Å²) >= 11 is 0. The number of rotatable bonds is 17. The van der Waals surface area contributed by atoms with Crippen molar-refractivity contribution in [1.82, 2.24) is 62.9 Å². The van der Waals surface area contributed by atoms with E-state index in [1.807, 2.05) is 185 Å². The first kappa shape index (κ1) is 78.3. The molecule has 10 heterocycles. The number of terminal acetylenes is 1. The monoisotopic (exact) mass is 1510 g/mol. The van der Waals surface area contributed by atoms with Gasteiger partial charge in [-0.1, -0.05) is 93.3 Å². The smallest absolute Gasteiger partial charge is 0.259 e. The topological polar surface area (TPSA) is 241 Å². The van der Waals surface area contributed by atoms with Crippen molar-refractivity contribution in [1.29, 1.82) is 0 Å². The van der Waals surface area contributed by atoms with Gasteiger partial charge in [-0.2, -0.15) is 0 Å². The van der Waals surface area contributed by atoms with E-state index in [2.05, 4.69) is 102 Å². The van der Waals surface area contributed by atoms with E-state index in [1.54, 1.807) is 61.3 Å². The predicted molar refractivity (Wildman–Crippen MR) is 444 cm³/mol. The minimum absolute atomic E-state index is 0.00464. The first-order chi connectivity index (χ1) is 55.0. The molecule has 14 aromatic rings. The van der Waals surface area contributed by atoms with Crippen molar-refractivity contribution >= 4 is 69.1 Å². The van der Waals surface area contributed by atoms with Gasteiger partial charge < -0.3 is 53.3 Å². The molecule has 113 heavy (non-hydrogen) atoms. The Hall–Kier alpha value is -12.8. The van der Waals surface area contributed by atoms with Crippen molar-refractivity contribution in [3.05, 3.63) is 309 Å². The van der Waals surface area contributed by atoms with Gasteiger partial charge >= 0.3 is 0 Å². The van der Waals surface area contributed by atoms with Crippen molar-refractivity contribution < 1.29 is 28.7 Å². The Morgan fingerprint density at radius 2 is 0.894 bits per heavy atom. The number of carbonyl (C=O) groups excluding carboxylic acids is 5. The van der Waals surface area contributed by atoms with E-state index in [-0.39, 0.29) is 47.7 Å². The number of amides is 5. The SMILES string of the molecule is C#Cc1ccc(NC(=O)c2ccc(C)n3ccnc23)cc1.CCC(NC(=O)c1ccc(C)n2ccnc12)c1ccccc1.CCCCCOC1CCC(NC(=O)c2ccc(C)n3ccnc23)CC1.Cc1ccc(C(=O)NC2CCCc3ccccc32)c2nccn12.Cc1ccc(C(=O)Nc2ccc3c(c2)CCC3)c2nccn12. The fourth-order valence-electron chi connectivity index (χ4n) is 15.0. The maximum atomic E-state index is 12.8. The highest BCUT2D eigenvalue weighted by Crippen LogP contribution is 2.32. The summed E-state index contributed by atoms with van der Waals surface area (Å²) in [6.45, 7) is 15.1. The number of aryl methyl sites for hydroxylation is 8. The van der Waals surface area contributed by atoms with Crippen LogP contribution in [0.25, 0.3) is 28.2 Å². The van der Waals surface area contributed by atoms with Crippen LogP contribution in [0.15, 0.2) is 220 Å². The standard InChI is InChI=1S/C20H29N3O2.C19H19N3O.C18H17N3O.C18H19N3O.C17H13N3O/c1-3-4-5-14-25-17-9-7-16(8-10-17)22-20(24)18-11-6-15(2)23-13-12-21-19(18)23;1-13-9-10-16(18-20-11-12-22(13)18)19(23)21-17-8-4-6-14-5-2-3-7-15(14)17;1-12-5-8-16(17-19-9-10-21(12)17)18(22)20-15-7-6-13-3-2-4-14(13)11-15;1-3-16(14-7-5-4-6-8-14)20-18(22)15-10-9-13(2)21-12-11-19-17(15)21;1-3-13-5-7-14(8-6-13)19-17(21)15-9-4-12(2)20-11-10-18-16(15)20/h6,11-13,16-17H,3-5,7-10,14H2,1-2H3,(H,22,24);2-3,5,7,9-12,17H,4,6,8H2,1H3,(H,21,23);5-11H,2-4H2,1H3,(H,20,22);4-12,16H,3H2,1-2H3,(H,20,22);1,4-11H,2H3,(H,19,21). The Labute approximate surface area is 658 Å². The highest BCUT2D eigenvalue weighted by molar-refractivity contribution is 6.09. The summed E-state index contributed by atoms with van der Waals surface area (Å²) in [6, 6.07) is 51.0. The number of imidazole rings is 5. The Kier molecular flexibility index (Phi) is 25.5. The van der Waals surface area contributed by atoms with E-state index in [9.17, 15) is 24.0 Å². The second-order valence-electron chi connectivity index (χ2n) is 29.0. The third kappa shape index (κ3) is 18.6. The van der Waals surface area contributed by atoms with Gasteiger partial charge in [0.15, 0.2) is 0 Å². The van der Waals surface area contributed by atoms with E-state index in [1.165, 1.54) is 41.5 Å². The predicted octanol–water partition coefficient (Wildman–Crippen LogP) is 17.1. The third-order valence-electron chi connectivity index (χ3n) is 21.4. The molecular formula is C92H97N15O6. The lowest BCUT2D eigenvalue weighted by molar-refractivity contribution is 0.0205. The Morgan fingerprint density at radius 3 is 1.39 bits per heavy atom. The summed E-state index contributed by atoms with van der Waals surface area (Å²) in [5.74, 6) is 2.06. The molecule has 2 unspecified atom stereocenters. The van der Waals surface area contributed by atoms with Crippen LogP contribution in [-0.4, -0.2) is 95.2 Å². The first-order valence-electron chi connectivity index (χ1n) is 39.2. The van der Waals surface area contributed by atoms with E-state index < -0.39 is 0 Å². The number of carbonyl (C=O) groups is 5. The molecule has 1 saturated carbocycles. The third-order valence-corrected chi connectivity index (χ3v) is 21.4. The molecule has 3 aliphatic carbocycles. The number of hydrogen-bond acceptors (Lipinski definition) is 11. The summed E-state index contributed by atoms with van der Waals surface area (Å²) in [4.78, 5) is 84.6. The lowest BCUT2D eigenvalue weighted by Crippen LogP contribution is -2.39. The summed E-state index contributed by atoms with van der Waals surface area (Å²) in [5, 5.41) is 15.3. The molecule has 0 saturated heterocycles. The summed E-state index contributed by atoms with van der Waals surface area (Å²) in [6.07, 6.45) is 38.8. The lowest BCUT2D eigenvalue weighted by atomic mass is 9.87. The van der Waals surface area contributed by atoms with Crippen LogP contribution in [0.5, 0.6) is 0 Å². The molecule has 10 aromatic heterocycles. The summed E-state index contributed by atoms with van der Waals surface area (Å²) in [5.41, 5.74) is 20.6. The number of anilines is 2. The Morgan fingerprint density at radius 1 is 0.451 bits per heavy atom. The van der Waals surface area contributed by atoms with Gasteiger partial charge in [0, 0.05) is 120 Å². The average molecular weight is 1510 g/mol. The number of aromatic nitrogens is 10. The molecular weight excluding hydrogens is 1410 g/mol. The maximum absolute atomic E-state index is 12.8. The quantitative estimate of drug-likeness (QED) is 0.0424. The van der Waals surface area contributed by atoms with E-state index in [0.29, 0.717) is 62.2 Å². The van der Waals surface area contributed by atoms with Crippen molar-refractivity contribution in [3.63, 3.8) is 0 Å². The molecule has 21 nitrogen and oxygen atoms in total. The van der Waals surface area contributed by atoms with Crippen LogP contribution in [-0.2, 0) is 24.0 Å². The molecule has 0 radical (unpaired) electrons. The number of nitrogens with one attached hydrogen (secondary N) is 5. The Bertz CT molecular complexity index is 5740. The van der Waals surface area contributed by atoms with Gasteiger partial charge in [-0.25, -0.2) is 24.9 Å². The van der Waals surface area contributed by atoms with E-state index in [4.69, 9.17) is 11.2 Å². The van der Waals surface area contributed by atoms with Crippen LogP contribution in [0, 0.1) is 47.0 Å². The normalized spacial score (nSPS) is 14.9. The zero-order chi connectivity index (χ0) is 78.9. The van der Waals surface area contributed by atoms with Crippen LogP contribution in [0.2, 0.25) is 0 Å². The zero-order valence-corrected chi connectivity index (χ0v) is 65.2. The van der Waals surface area contributed by atoms with Crippen LogP contribution in [0.4, 0.5) is 11.4 Å². The fraction of sp³-hybridized carbons (Fsp3) is 0.283. The van der Waals surface area contributed by atoms with Crippen molar-refractivity contribution in [2.24, 2.45) is 0 Å². The molecule has 3 aliphatic rings. The lowest BCUT2D eigenvalue weighted by Gasteiger charge is -2.29. The van der Waals surface area contributed by atoms with Crippen molar-refractivity contribution in [3.8, 4) is 12.3 Å². The minimum Gasteiger partial charge on any atom is -0.378 e. The molecule has 0 bridgehead atoms. The largest absolute Gasteiger partial charge is 0.378 e. The zero-order valence-electron chi connectivity index (χ0n) is 65.2. The molecule has 1 fully saturated rings. The van der Waals surface area contributed by atoms with Gasteiger partial charge in [0.25, 0.3) is 29.5 Å². The maximum Gasteiger partial charge on any atom is 0.259 e. The minimum atomic E-state index is -0.195. The Balaban J connectivity index is 0.000000124. The number of fused-ring (bicyclic) bond motifs is 7. The summed E-state index contributed by atoms with van der Waals surface area (Å²) < 4.78 is 15.6. The second kappa shape index (κ2) is 36.8. The van der Waals surface area contributed by atoms with Gasteiger partial charge in [-0.05, 0) is 237 Å². The highest BCUT2D eigenvalue weighted by atomic mass is 16.5. The highest BCUT2D eigenvalue weighted by Gasteiger charge is 2.27. The van der Waals surface area contributed by atoms with Crippen LogP contribution in [0.1, 0.15) is 210 Å². The van der Waals surface area contributed by atoms with E-state index in [0.717, 1.165) is 128 Å². The van der Waals surface area contributed by atoms with Crippen LogP contribution >= 0.6 is 0 Å². The number of ether oxygens (including phenoxy) is 1. The number of pyridine rings is 5. The molecule has 576 valence electrons. The van der Waals surface area contributed by atoms with Crippen molar-refractivity contribution in [2.45, 2.75) is 163 Å². The average Bonchev–Trinajstić information content (AvgIpc) is 1.73. The molecule has 21 heteroatoms. The van der Waals surface area contributed by atoms with E-state index >= 15 is 0 Å². The molecule has 17 rings (SSSR count).